The Morgan fingerprint density at radius 1 is 1.19 bits per heavy atom. The lowest BCUT2D eigenvalue weighted by molar-refractivity contribution is -0.176. The van der Waals surface area contributed by atoms with Crippen molar-refractivity contribution < 1.29 is 14.2 Å². The van der Waals surface area contributed by atoms with Gasteiger partial charge in [-0.1, -0.05) is 19.1 Å². The summed E-state index contributed by atoms with van der Waals surface area (Å²) in [5.74, 6) is 1.64. The summed E-state index contributed by atoms with van der Waals surface area (Å²) in [5, 5.41) is 0. The first kappa shape index (κ1) is 14.6. The number of rotatable bonds is 5. The number of likely N-dealkylation sites (N-methyl/N-ethyl adjacent to an activating group) is 1. The largest absolute Gasteiger partial charge is 0.428 e. The zero-order chi connectivity index (χ0) is 14.7. The summed E-state index contributed by atoms with van der Waals surface area (Å²) in [6.45, 7) is 7.46. The minimum atomic E-state index is -0.589. The Morgan fingerprint density at radius 3 is 2.76 bits per heavy atom. The van der Waals surface area contributed by atoms with Crippen molar-refractivity contribution in [2.75, 3.05) is 39.8 Å². The topological polar surface area (TPSA) is 34.2 Å². The molecule has 0 spiro atoms. The molecule has 0 amide bonds. The number of para-hydroxylation sites is 1. The van der Waals surface area contributed by atoms with E-state index in [0.717, 1.165) is 50.6 Å². The van der Waals surface area contributed by atoms with E-state index < -0.39 is 6.48 Å². The van der Waals surface area contributed by atoms with Crippen LogP contribution in [0.1, 0.15) is 18.9 Å². The molecule has 0 saturated carbocycles. The molecular formula is C16H24N2O3. The van der Waals surface area contributed by atoms with Gasteiger partial charge in [-0.3, -0.25) is 4.90 Å². The van der Waals surface area contributed by atoms with Crippen molar-refractivity contribution in [1.82, 2.24) is 9.80 Å². The Bertz CT molecular complexity index is 473. The number of benzene rings is 1. The van der Waals surface area contributed by atoms with Crippen LogP contribution in [-0.2, 0) is 11.3 Å². The number of piperazine rings is 1. The molecule has 1 aromatic carbocycles. The molecule has 1 saturated heterocycles. The van der Waals surface area contributed by atoms with Crippen LogP contribution in [0.3, 0.4) is 0 Å². The molecule has 1 unspecified atom stereocenters. The summed E-state index contributed by atoms with van der Waals surface area (Å²) >= 11 is 0. The van der Waals surface area contributed by atoms with Crippen LogP contribution in [0.2, 0.25) is 0 Å². The highest BCUT2D eigenvalue weighted by Gasteiger charge is 2.28. The average Bonchev–Trinajstić information content (AvgIpc) is 2.91. The zero-order valence-corrected chi connectivity index (χ0v) is 12.9. The Morgan fingerprint density at radius 2 is 2.00 bits per heavy atom. The molecule has 5 nitrogen and oxygen atoms in total. The van der Waals surface area contributed by atoms with Gasteiger partial charge in [0.2, 0.25) is 0 Å². The van der Waals surface area contributed by atoms with Crippen LogP contribution < -0.4 is 9.47 Å². The Kier molecular flexibility index (Phi) is 4.63. The van der Waals surface area contributed by atoms with Crippen LogP contribution >= 0.6 is 0 Å². The minimum absolute atomic E-state index is 0.589. The predicted octanol–water partition coefficient (Wildman–Crippen LogP) is 1.92. The Balaban J connectivity index is 1.64. The highest BCUT2D eigenvalue weighted by Crippen LogP contribution is 2.38. The molecule has 0 bridgehead atoms. The highest BCUT2D eigenvalue weighted by atomic mass is 16.9. The molecule has 0 aromatic heterocycles. The van der Waals surface area contributed by atoms with E-state index in [1.165, 1.54) is 5.56 Å². The van der Waals surface area contributed by atoms with E-state index in [4.69, 9.17) is 14.2 Å². The smallest absolute Gasteiger partial charge is 0.361 e. The van der Waals surface area contributed by atoms with Crippen molar-refractivity contribution >= 4 is 0 Å². The van der Waals surface area contributed by atoms with Crippen molar-refractivity contribution in [3.8, 4) is 11.5 Å². The first-order valence-corrected chi connectivity index (χ1v) is 7.74. The Hall–Kier alpha value is -1.30. The Labute approximate surface area is 126 Å². The van der Waals surface area contributed by atoms with E-state index in [1.807, 2.05) is 12.1 Å². The average molecular weight is 292 g/mol. The van der Waals surface area contributed by atoms with Gasteiger partial charge in [0.25, 0.3) is 0 Å². The monoisotopic (exact) mass is 292 g/mol. The second kappa shape index (κ2) is 6.64. The lowest BCUT2D eigenvalue weighted by Gasteiger charge is -2.32. The SMILES string of the molecule is CCCOC1Oc2cccc(CN3CCN(C)CC3)c2O1. The molecule has 21 heavy (non-hydrogen) atoms. The standard InChI is InChI=1S/C16H24N2O3/c1-3-11-19-16-20-14-6-4-5-13(15(14)21-16)12-18-9-7-17(2)8-10-18/h4-6,16H,3,7-12H2,1-2H3. The summed E-state index contributed by atoms with van der Waals surface area (Å²) < 4.78 is 17.0. The van der Waals surface area contributed by atoms with Crippen LogP contribution in [0.15, 0.2) is 18.2 Å². The van der Waals surface area contributed by atoms with Gasteiger partial charge < -0.3 is 19.1 Å². The summed E-state index contributed by atoms with van der Waals surface area (Å²) in [4.78, 5) is 4.82. The molecule has 1 aromatic rings. The second-order valence-corrected chi connectivity index (χ2v) is 5.72. The van der Waals surface area contributed by atoms with Gasteiger partial charge in [0.1, 0.15) is 0 Å². The zero-order valence-electron chi connectivity index (χ0n) is 12.9. The van der Waals surface area contributed by atoms with Crippen molar-refractivity contribution in [1.29, 1.82) is 0 Å². The maximum absolute atomic E-state index is 5.82. The molecule has 0 aliphatic carbocycles. The molecular weight excluding hydrogens is 268 g/mol. The third-order valence-electron chi connectivity index (χ3n) is 3.95. The van der Waals surface area contributed by atoms with E-state index in [9.17, 15) is 0 Å². The van der Waals surface area contributed by atoms with Crippen LogP contribution in [-0.4, -0.2) is 56.1 Å². The molecule has 2 aliphatic rings. The van der Waals surface area contributed by atoms with Crippen molar-refractivity contribution in [3.63, 3.8) is 0 Å². The summed E-state index contributed by atoms with van der Waals surface area (Å²) in [6.07, 6.45) is 0.952. The fourth-order valence-corrected chi connectivity index (χ4v) is 2.67. The maximum Gasteiger partial charge on any atom is 0.361 e. The second-order valence-electron chi connectivity index (χ2n) is 5.72. The first-order chi connectivity index (χ1) is 10.3. The van der Waals surface area contributed by atoms with Crippen molar-refractivity contribution in [2.24, 2.45) is 0 Å². The van der Waals surface area contributed by atoms with Crippen molar-refractivity contribution in [3.05, 3.63) is 23.8 Å². The number of nitrogens with zero attached hydrogens (tertiary/aromatic N) is 2. The predicted molar refractivity (Wildman–Crippen MR) is 80.5 cm³/mol. The van der Waals surface area contributed by atoms with E-state index >= 15 is 0 Å². The minimum Gasteiger partial charge on any atom is -0.428 e. The van der Waals surface area contributed by atoms with Crippen LogP contribution in [0.25, 0.3) is 0 Å². The lowest BCUT2D eigenvalue weighted by Crippen LogP contribution is -2.43. The van der Waals surface area contributed by atoms with E-state index in [-0.39, 0.29) is 0 Å². The quantitative estimate of drug-likeness (QED) is 0.828. The molecule has 2 aliphatic heterocycles. The molecule has 5 heteroatoms. The molecule has 0 radical (unpaired) electrons. The van der Waals surface area contributed by atoms with Gasteiger partial charge >= 0.3 is 6.48 Å². The highest BCUT2D eigenvalue weighted by molar-refractivity contribution is 5.48. The maximum atomic E-state index is 5.82. The number of ether oxygens (including phenoxy) is 3. The molecule has 3 rings (SSSR count). The fraction of sp³-hybridized carbons (Fsp3) is 0.625. The van der Waals surface area contributed by atoms with E-state index in [2.05, 4.69) is 29.8 Å². The van der Waals surface area contributed by atoms with Gasteiger partial charge in [0.15, 0.2) is 11.5 Å². The third kappa shape index (κ3) is 3.48. The first-order valence-electron chi connectivity index (χ1n) is 7.74. The fourth-order valence-electron chi connectivity index (χ4n) is 2.67. The summed E-state index contributed by atoms with van der Waals surface area (Å²) in [6, 6.07) is 6.08. The van der Waals surface area contributed by atoms with E-state index in [0.29, 0.717) is 6.61 Å². The molecule has 0 N–H and O–H groups in total. The van der Waals surface area contributed by atoms with Crippen LogP contribution in [0, 0.1) is 0 Å². The number of hydrogen-bond donors (Lipinski definition) is 0. The van der Waals surface area contributed by atoms with Gasteiger partial charge in [-0.2, -0.15) is 0 Å². The number of fused-ring (bicyclic) bond motifs is 1. The van der Waals surface area contributed by atoms with Gasteiger partial charge in [-0.15, -0.1) is 0 Å². The van der Waals surface area contributed by atoms with Crippen LogP contribution in [0.4, 0.5) is 0 Å². The van der Waals surface area contributed by atoms with Gasteiger partial charge in [0.05, 0.1) is 6.61 Å². The summed E-state index contributed by atoms with van der Waals surface area (Å²) in [7, 11) is 2.17. The van der Waals surface area contributed by atoms with E-state index in [1.54, 1.807) is 0 Å². The molecule has 116 valence electrons. The van der Waals surface area contributed by atoms with Gasteiger partial charge in [0, 0.05) is 38.3 Å². The molecule has 2 heterocycles. The normalized spacial score (nSPS) is 22.7. The lowest BCUT2D eigenvalue weighted by atomic mass is 10.1. The van der Waals surface area contributed by atoms with Gasteiger partial charge in [-0.05, 0) is 19.5 Å². The summed E-state index contributed by atoms with van der Waals surface area (Å²) in [5.41, 5.74) is 1.18. The molecule has 1 atom stereocenters. The van der Waals surface area contributed by atoms with Gasteiger partial charge in [-0.25, -0.2) is 0 Å². The van der Waals surface area contributed by atoms with Crippen LogP contribution in [0.5, 0.6) is 11.5 Å². The van der Waals surface area contributed by atoms with Crippen molar-refractivity contribution in [2.45, 2.75) is 26.4 Å². The molecule has 1 fully saturated rings. The third-order valence-corrected chi connectivity index (χ3v) is 3.95. The number of hydrogen-bond acceptors (Lipinski definition) is 5.